The molecule has 0 amide bonds. The molecule has 0 aliphatic heterocycles. The number of hydrogen-bond donors (Lipinski definition) is 0. The molecule has 0 aliphatic rings. The zero-order valence-corrected chi connectivity index (χ0v) is 7.45. The second-order valence-corrected chi connectivity index (χ2v) is 2.97. The van der Waals surface area contributed by atoms with Crippen molar-refractivity contribution in [3.8, 4) is 0 Å². The van der Waals surface area contributed by atoms with Crippen molar-refractivity contribution >= 4 is 11.4 Å². The van der Waals surface area contributed by atoms with Crippen LogP contribution in [0.1, 0.15) is 5.56 Å². The highest BCUT2D eigenvalue weighted by atomic mass is 32.2. The molecule has 14 heavy (non-hydrogen) atoms. The summed E-state index contributed by atoms with van der Waals surface area (Å²) in [6, 6.07) is 0.860. The molecule has 0 bridgehead atoms. The molecule has 0 saturated carbocycles. The molecule has 0 aromatic heterocycles. The van der Waals surface area contributed by atoms with Gasteiger partial charge in [-0.25, -0.2) is 17.4 Å². The molecule has 1 aromatic carbocycles. The SMILES string of the molecule is O=S([O-])OCc1cc(F)c(F)cc1F. The molecule has 1 atom stereocenters. The third-order valence-corrected chi connectivity index (χ3v) is 1.71. The molecule has 0 spiro atoms. The van der Waals surface area contributed by atoms with Crippen LogP contribution in [0.3, 0.4) is 0 Å². The highest BCUT2D eigenvalue weighted by Gasteiger charge is 2.09. The summed E-state index contributed by atoms with van der Waals surface area (Å²) in [4.78, 5) is 0. The highest BCUT2D eigenvalue weighted by Crippen LogP contribution is 2.14. The fraction of sp³-hybridized carbons (Fsp3) is 0.143. The van der Waals surface area contributed by atoms with Crippen LogP contribution in [0.5, 0.6) is 0 Å². The second-order valence-electron chi connectivity index (χ2n) is 2.32. The lowest BCUT2D eigenvalue weighted by molar-refractivity contribution is 0.285. The molecule has 1 unspecified atom stereocenters. The van der Waals surface area contributed by atoms with Gasteiger partial charge in [0.25, 0.3) is 0 Å². The van der Waals surface area contributed by atoms with Crippen LogP contribution >= 0.6 is 0 Å². The lowest BCUT2D eigenvalue weighted by atomic mass is 10.2. The minimum atomic E-state index is -2.82. The van der Waals surface area contributed by atoms with Crippen LogP contribution in [0.15, 0.2) is 12.1 Å². The summed E-state index contributed by atoms with van der Waals surface area (Å²) in [6.45, 7) is -0.668. The first-order valence-electron chi connectivity index (χ1n) is 3.36. The summed E-state index contributed by atoms with van der Waals surface area (Å²) in [5, 5.41) is 0. The van der Waals surface area contributed by atoms with E-state index < -0.39 is 35.4 Å². The number of hydrogen-bond acceptors (Lipinski definition) is 3. The number of benzene rings is 1. The first-order chi connectivity index (χ1) is 6.50. The molecule has 0 saturated heterocycles. The van der Waals surface area contributed by atoms with Gasteiger partial charge in [-0.15, -0.1) is 0 Å². The smallest absolute Gasteiger partial charge is 0.161 e. The normalized spacial score (nSPS) is 12.9. The van der Waals surface area contributed by atoms with Gasteiger partial charge in [-0.3, -0.25) is 4.18 Å². The van der Waals surface area contributed by atoms with E-state index in [0.717, 1.165) is 0 Å². The van der Waals surface area contributed by atoms with Crippen molar-refractivity contribution in [3.63, 3.8) is 0 Å². The van der Waals surface area contributed by atoms with Crippen LogP contribution in [-0.2, 0) is 22.2 Å². The molecule has 0 heterocycles. The predicted octanol–water partition coefficient (Wildman–Crippen LogP) is 1.41. The van der Waals surface area contributed by atoms with Gasteiger partial charge in [0.1, 0.15) is 5.82 Å². The van der Waals surface area contributed by atoms with Gasteiger partial charge in [0.2, 0.25) is 0 Å². The number of halogens is 3. The highest BCUT2D eigenvalue weighted by molar-refractivity contribution is 7.74. The Kier molecular flexibility index (Phi) is 3.62. The minimum Gasteiger partial charge on any atom is -0.750 e. The van der Waals surface area contributed by atoms with Crippen LogP contribution in [0.25, 0.3) is 0 Å². The fourth-order valence-corrected chi connectivity index (χ4v) is 1.01. The van der Waals surface area contributed by atoms with Crippen molar-refractivity contribution in [3.05, 3.63) is 35.1 Å². The molecule has 0 radical (unpaired) electrons. The summed E-state index contributed by atoms with van der Waals surface area (Å²) in [5.74, 6) is -3.66. The summed E-state index contributed by atoms with van der Waals surface area (Å²) >= 11 is -2.82. The quantitative estimate of drug-likeness (QED) is 0.577. The van der Waals surface area contributed by atoms with Crippen molar-refractivity contribution in [1.82, 2.24) is 0 Å². The Morgan fingerprint density at radius 3 is 2.36 bits per heavy atom. The van der Waals surface area contributed by atoms with Crippen molar-refractivity contribution in [2.24, 2.45) is 0 Å². The molecule has 0 fully saturated rings. The molecule has 7 heteroatoms. The van der Waals surface area contributed by atoms with Crippen molar-refractivity contribution in [2.75, 3.05) is 0 Å². The van der Waals surface area contributed by atoms with Gasteiger partial charge in [-0.2, -0.15) is 0 Å². The first-order valence-corrected chi connectivity index (χ1v) is 4.36. The predicted molar refractivity (Wildman–Crippen MR) is 40.0 cm³/mol. The maximum absolute atomic E-state index is 12.8. The summed E-state index contributed by atoms with van der Waals surface area (Å²) in [5.41, 5.74) is -0.367. The second kappa shape index (κ2) is 4.54. The first kappa shape index (κ1) is 11.2. The van der Waals surface area contributed by atoms with E-state index in [4.69, 9.17) is 0 Å². The number of rotatable bonds is 3. The average Bonchev–Trinajstić information content (AvgIpc) is 2.09. The zero-order chi connectivity index (χ0) is 10.7. The molecular weight excluding hydrogens is 221 g/mol. The van der Waals surface area contributed by atoms with E-state index in [0.29, 0.717) is 12.1 Å². The maximum atomic E-state index is 12.8. The van der Waals surface area contributed by atoms with E-state index in [-0.39, 0.29) is 5.56 Å². The average molecular weight is 225 g/mol. The Balaban J connectivity index is 2.87. The van der Waals surface area contributed by atoms with Crippen LogP contribution in [0.2, 0.25) is 0 Å². The van der Waals surface area contributed by atoms with Crippen LogP contribution in [0, 0.1) is 17.5 Å². The molecule has 0 N–H and O–H groups in total. The van der Waals surface area contributed by atoms with Crippen LogP contribution < -0.4 is 0 Å². The Morgan fingerprint density at radius 1 is 1.21 bits per heavy atom. The maximum Gasteiger partial charge on any atom is 0.161 e. The van der Waals surface area contributed by atoms with E-state index in [1.165, 1.54) is 0 Å². The monoisotopic (exact) mass is 225 g/mol. The van der Waals surface area contributed by atoms with Gasteiger partial charge in [0.15, 0.2) is 11.6 Å². The van der Waals surface area contributed by atoms with Crippen LogP contribution in [0.4, 0.5) is 13.2 Å². The fourth-order valence-electron chi connectivity index (χ4n) is 0.786. The van der Waals surface area contributed by atoms with E-state index in [1.807, 2.05) is 0 Å². The van der Waals surface area contributed by atoms with Crippen molar-refractivity contribution in [2.45, 2.75) is 6.61 Å². The lowest BCUT2D eigenvalue weighted by Gasteiger charge is -2.06. The van der Waals surface area contributed by atoms with Gasteiger partial charge in [0.05, 0.1) is 18.0 Å². The van der Waals surface area contributed by atoms with E-state index in [1.54, 1.807) is 0 Å². The van der Waals surface area contributed by atoms with E-state index in [9.17, 15) is 21.9 Å². The van der Waals surface area contributed by atoms with Gasteiger partial charge >= 0.3 is 0 Å². The minimum absolute atomic E-state index is 0.321. The molecule has 0 aliphatic carbocycles. The topological polar surface area (TPSA) is 49.4 Å². The lowest BCUT2D eigenvalue weighted by Crippen LogP contribution is -2.00. The van der Waals surface area contributed by atoms with E-state index >= 15 is 0 Å². The van der Waals surface area contributed by atoms with Gasteiger partial charge in [-0.05, 0) is 6.07 Å². The van der Waals surface area contributed by atoms with E-state index in [2.05, 4.69) is 4.18 Å². The Hall–Kier alpha value is -0.920. The Morgan fingerprint density at radius 2 is 1.79 bits per heavy atom. The standard InChI is InChI=1S/C7H5F3O3S/c8-5-2-7(10)6(9)1-4(5)3-13-14(11)12/h1-2H,3H2,(H,11,12)/p-1. The van der Waals surface area contributed by atoms with Gasteiger partial charge in [0, 0.05) is 11.6 Å². The molecule has 78 valence electrons. The molecule has 3 nitrogen and oxygen atoms in total. The molecule has 1 aromatic rings. The summed E-state index contributed by atoms with van der Waals surface area (Å²) in [7, 11) is 0. The zero-order valence-electron chi connectivity index (χ0n) is 6.63. The summed E-state index contributed by atoms with van der Waals surface area (Å²) < 4.78 is 61.5. The van der Waals surface area contributed by atoms with Gasteiger partial charge in [-0.1, -0.05) is 0 Å². The molecular formula is C7H4F3O3S-. The van der Waals surface area contributed by atoms with Crippen molar-refractivity contribution < 1.29 is 26.1 Å². The third-order valence-electron chi connectivity index (χ3n) is 1.40. The van der Waals surface area contributed by atoms with Crippen molar-refractivity contribution in [1.29, 1.82) is 0 Å². The molecule has 1 rings (SSSR count). The Labute approximate surface area is 80.0 Å². The third kappa shape index (κ3) is 2.79. The largest absolute Gasteiger partial charge is 0.750 e. The summed E-state index contributed by atoms with van der Waals surface area (Å²) in [6.07, 6.45) is 0. The van der Waals surface area contributed by atoms with Crippen LogP contribution in [-0.4, -0.2) is 8.76 Å². The Bertz CT molecular complexity index is 369. The van der Waals surface area contributed by atoms with Gasteiger partial charge < -0.3 is 4.55 Å².